The molecule has 0 saturated heterocycles. The van der Waals surface area contributed by atoms with Crippen LogP contribution in [0.4, 0.5) is 5.13 Å². The van der Waals surface area contributed by atoms with Crippen molar-refractivity contribution in [3.05, 3.63) is 33.8 Å². The Morgan fingerprint density at radius 3 is 3.00 bits per heavy atom. The lowest BCUT2D eigenvalue weighted by atomic mass is 10.1. The number of nitrogens with zero attached hydrogens (tertiary/aromatic N) is 6. The second-order valence-electron chi connectivity index (χ2n) is 6.79. The summed E-state index contributed by atoms with van der Waals surface area (Å²) in [5.74, 6) is 0.568. The zero-order valence-electron chi connectivity index (χ0n) is 15.8. The van der Waals surface area contributed by atoms with Crippen molar-refractivity contribution in [3.8, 4) is 0 Å². The summed E-state index contributed by atoms with van der Waals surface area (Å²) >= 11 is 1.59. The van der Waals surface area contributed by atoms with E-state index in [2.05, 4.69) is 37.2 Å². The maximum Gasteiger partial charge on any atom is 0.252 e. The van der Waals surface area contributed by atoms with E-state index < -0.39 is 0 Å². The zero-order valence-corrected chi connectivity index (χ0v) is 16.6. The van der Waals surface area contributed by atoms with Crippen LogP contribution in [0.15, 0.2) is 6.33 Å². The van der Waals surface area contributed by atoms with E-state index in [1.807, 2.05) is 13.8 Å². The van der Waals surface area contributed by atoms with Crippen LogP contribution in [-0.2, 0) is 24.2 Å². The summed E-state index contributed by atoms with van der Waals surface area (Å²) in [6.45, 7) is 9.12. The molecule has 0 atom stereocenters. The number of aryl methyl sites for hydroxylation is 2. The molecule has 0 aliphatic carbocycles. The summed E-state index contributed by atoms with van der Waals surface area (Å²) < 4.78 is 1.72. The Kier molecular flexibility index (Phi) is 4.88. The van der Waals surface area contributed by atoms with E-state index in [0.29, 0.717) is 23.8 Å². The quantitative estimate of drug-likeness (QED) is 0.724. The lowest BCUT2D eigenvalue weighted by Gasteiger charge is -2.23. The molecule has 1 amide bonds. The minimum absolute atomic E-state index is 0.0223. The molecule has 1 N–H and O–H groups in total. The number of fused-ring (bicyclic) bond motifs is 2. The fraction of sp³-hybridized carbons (Fsp3) is 0.500. The molecular weight excluding hydrogens is 362 g/mol. The first-order chi connectivity index (χ1) is 13.0. The predicted molar refractivity (Wildman–Crippen MR) is 104 cm³/mol. The number of hydrogen-bond acceptors (Lipinski definition) is 7. The van der Waals surface area contributed by atoms with Gasteiger partial charge in [-0.25, -0.2) is 14.5 Å². The summed E-state index contributed by atoms with van der Waals surface area (Å²) in [6.07, 6.45) is 3.45. The molecule has 0 bridgehead atoms. The van der Waals surface area contributed by atoms with E-state index in [4.69, 9.17) is 0 Å². The van der Waals surface area contributed by atoms with Crippen molar-refractivity contribution in [1.82, 2.24) is 29.5 Å². The Bertz CT molecular complexity index is 993. The minimum Gasteiger partial charge on any atom is -0.302 e. The van der Waals surface area contributed by atoms with Crippen molar-refractivity contribution in [3.63, 3.8) is 0 Å². The third kappa shape index (κ3) is 3.57. The SMILES string of the molecule is CCN1CCc2nc(NC(=O)CCc3c(C)nc4ncnn4c3C)sc2C1. The van der Waals surface area contributed by atoms with E-state index in [9.17, 15) is 4.79 Å². The van der Waals surface area contributed by atoms with Crippen LogP contribution < -0.4 is 5.32 Å². The molecule has 4 heterocycles. The highest BCUT2D eigenvalue weighted by molar-refractivity contribution is 7.15. The van der Waals surface area contributed by atoms with Crippen LogP contribution in [0.3, 0.4) is 0 Å². The molecule has 3 aromatic heterocycles. The van der Waals surface area contributed by atoms with Crippen molar-refractivity contribution >= 4 is 28.2 Å². The van der Waals surface area contributed by atoms with Gasteiger partial charge in [0.25, 0.3) is 5.78 Å². The average molecular weight is 385 g/mol. The number of carbonyl (C=O) groups excluding carboxylic acids is 1. The maximum absolute atomic E-state index is 12.4. The van der Waals surface area contributed by atoms with Gasteiger partial charge in [-0.1, -0.05) is 6.92 Å². The number of aromatic nitrogens is 5. The van der Waals surface area contributed by atoms with Gasteiger partial charge in [-0.05, 0) is 32.4 Å². The van der Waals surface area contributed by atoms with Gasteiger partial charge < -0.3 is 5.32 Å². The van der Waals surface area contributed by atoms with Gasteiger partial charge in [-0.15, -0.1) is 11.3 Å². The Morgan fingerprint density at radius 1 is 1.33 bits per heavy atom. The highest BCUT2D eigenvalue weighted by atomic mass is 32.1. The first-order valence-corrected chi connectivity index (χ1v) is 10.0. The molecule has 0 spiro atoms. The summed E-state index contributed by atoms with van der Waals surface area (Å²) in [4.78, 5) is 29.3. The molecule has 0 aromatic carbocycles. The second-order valence-corrected chi connectivity index (χ2v) is 7.87. The fourth-order valence-electron chi connectivity index (χ4n) is 3.51. The van der Waals surface area contributed by atoms with Gasteiger partial charge in [0.05, 0.1) is 5.69 Å². The van der Waals surface area contributed by atoms with E-state index >= 15 is 0 Å². The topological polar surface area (TPSA) is 88.3 Å². The zero-order chi connectivity index (χ0) is 19.0. The van der Waals surface area contributed by atoms with Gasteiger partial charge in [0.15, 0.2) is 5.13 Å². The highest BCUT2D eigenvalue weighted by Gasteiger charge is 2.20. The standard InChI is InChI=1S/C18H23N7OS/c1-4-24-8-7-14-15(9-24)27-18(22-14)23-16(26)6-5-13-11(2)21-17-19-10-20-25(17)12(13)3/h10H,4-9H2,1-3H3,(H,22,23,26). The Morgan fingerprint density at radius 2 is 2.19 bits per heavy atom. The smallest absolute Gasteiger partial charge is 0.252 e. The highest BCUT2D eigenvalue weighted by Crippen LogP contribution is 2.28. The number of hydrogen-bond donors (Lipinski definition) is 1. The molecule has 1 aliphatic rings. The van der Waals surface area contributed by atoms with Gasteiger partial charge in [0.1, 0.15) is 6.33 Å². The largest absolute Gasteiger partial charge is 0.302 e. The fourth-order valence-corrected chi connectivity index (χ4v) is 4.58. The van der Waals surface area contributed by atoms with E-state index in [1.54, 1.807) is 15.9 Å². The molecule has 4 rings (SSSR count). The molecule has 0 fully saturated rings. The molecule has 3 aromatic rings. The Labute approximate surface area is 161 Å². The van der Waals surface area contributed by atoms with E-state index in [-0.39, 0.29) is 5.91 Å². The number of thiazole rings is 1. The molecule has 142 valence electrons. The number of likely N-dealkylation sites (N-methyl/N-ethyl adjacent to an activating group) is 1. The average Bonchev–Trinajstić information content (AvgIpc) is 3.26. The minimum atomic E-state index is -0.0223. The first kappa shape index (κ1) is 18.0. The van der Waals surface area contributed by atoms with Crippen molar-refractivity contribution in [1.29, 1.82) is 0 Å². The van der Waals surface area contributed by atoms with E-state index in [1.165, 1.54) is 11.2 Å². The van der Waals surface area contributed by atoms with Crippen molar-refractivity contribution in [2.24, 2.45) is 0 Å². The molecule has 9 heteroatoms. The number of nitrogens with one attached hydrogen (secondary N) is 1. The van der Waals surface area contributed by atoms with Crippen LogP contribution in [0.1, 0.15) is 40.9 Å². The summed E-state index contributed by atoms with van der Waals surface area (Å²) in [7, 11) is 0. The van der Waals surface area contributed by atoms with Crippen LogP contribution in [-0.4, -0.2) is 48.5 Å². The van der Waals surface area contributed by atoms with Crippen LogP contribution in [0.5, 0.6) is 0 Å². The number of amides is 1. The number of carbonyl (C=O) groups is 1. The Balaban J connectivity index is 1.41. The summed E-state index contributed by atoms with van der Waals surface area (Å²) in [5.41, 5.74) is 4.05. The normalized spacial score (nSPS) is 14.5. The first-order valence-electron chi connectivity index (χ1n) is 9.21. The van der Waals surface area contributed by atoms with Gasteiger partial charge in [-0.3, -0.25) is 9.69 Å². The second kappa shape index (κ2) is 7.32. The van der Waals surface area contributed by atoms with Gasteiger partial charge >= 0.3 is 0 Å². The van der Waals surface area contributed by atoms with Crippen LogP contribution >= 0.6 is 11.3 Å². The van der Waals surface area contributed by atoms with Gasteiger partial charge in [0.2, 0.25) is 5.91 Å². The lowest BCUT2D eigenvalue weighted by molar-refractivity contribution is -0.116. The molecule has 0 radical (unpaired) electrons. The molecule has 27 heavy (non-hydrogen) atoms. The monoisotopic (exact) mass is 385 g/mol. The van der Waals surface area contributed by atoms with Gasteiger partial charge in [0, 0.05) is 42.2 Å². The third-order valence-electron chi connectivity index (χ3n) is 5.09. The number of rotatable bonds is 5. The van der Waals surface area contributed by atoms with Crippen LogP contribution in [0, 0.1) is 13.8 Å². The molecule has 1 aliphatic heterocycles. The number of anilines is 1. The summed E-state index contributed by atoms with van der Waals surface area (Å²) in [6, 6.07) is 0. The van der Waals surface area contributed by atoms with Crippen molar-refractivity contribution < 1.29 is 4.79 Å². The van der Waals surface area contributed by atoms with Crippen LogP contribution in [0.25, 0.3) is 5.78 Å². The Hall–Kier alpha value is -2.39. The van der Waals surface area contributed by atoms with E-state index in [0.717, 1.165) is 48.7 Å². The lowest BCUT2D eigenvalue weighted by Crippen LogP contribution is -2.29. The molecule has 8 nitrogen and oxygen atoms in total. The maximum atomic E-state index is 12.4. The molecule has 0 saturated carbocycles. The predicted octanol–water partition coefficient (Wildman–Crippen LogP) is 2.15. The third-order valence-corrected chi connectivity index (χ3v) is 6.09. The molecule has 0 unspecified atom stereocenters. The van der Waals surface area contributed by atoms with Gasteiger partial charge in [-0.2, -0.15) is 10.1 Å². The van der Waals surface area contributed by atoms with Crippen molar-refractivity contribution in [2.75, 3.05) is 18.4 Å². The van der Waals surface area contributed by atoms with Crippen molar-refractivity contribution in [2.45, 2.75) is 46.6 Å². The van der Waals surface area contributed by atoms with Crippen LogP contribution in [0.2, 0.25) is 0 Å². The molecular formula is C18H23N7OS. The summed E-state index contributed by atoms with van der Waals surface area (Å²) in [5, 5.41) is 7.87.